The summed E-state index contributed by atoms with van der Waals surface area (Å²) in [6, 6.07) is 0. The highest BCUT2D eigenvalue weighted by atomic mass is 16.5. The first-order valence-electron chi connectivity index (χ1n) is 8.52. The summed E-state index contributed by atoms with van der Waals surface area (Å²) in [7, 11) is 0. The smallest absolute Gasteiger partial charge is 0.312 e. The molecule has 1 unspecified atom stereocenters. The zero-order valence-corrected chi connectivity index (χ0v) is 13.2. The van der Waals surface area contributed by atoms with E-state index in [0.29, 0.717) is 19.6 Å². The van der Waals surface area contributed by atoms with Crippen molar-refractivity contribution in [3.05, 3.63) is 0 Å². The van der Waals surface area contributed by atoms with Gasteiger partial charge in [-0.2, -0.15) is 0 Å². The number of unbranched alkanes of at least 4 members (excludes halogenated alkanes) is 9. The lowest BCUT2D eigenvalue weighted by molar-refractivity contribution is -0.149. The van der Waals surface area contributed by atoms with Crippen LogP contribution in [0.1, 0.15) is 84.0 Å². The summed E-state index contributed by atoms with van der Waals surface area (Å²) < 4.78 is 5.28. The third kappa shape index (κ3) is 6.25. The Balaban J connectivity index is 1.95. The van der Waals surface area contributed by atoms with E-state index in [2.05, 4.69) is 6.92 Å². The summed E-state index contributed by atoms with van der Waals surface area (Å²) in [6.07, 6.45) is 14.4. The Morgan fingerprint density at radius 1 is 1.00 bits per heavy atom. The fourth-order valence-electron chi connectivity index (χ4n) is 3.03. The molecule has 1 heterocycles. The second kappa shape index (κ2) is 10.2. The Hall–Kier alpha value is -0.570. The van der Waals surface area contributed by atoms with Gasteiger partial charge in [0.1, 0.15) is 0 Å². The van der Waals surface area contributed by atoms with Gasteiger partial charge in [-0.1, -0.05) is 71.1 Å². The molecule has 0 aromatic carbocycles. The number of carboxylic acid groups (broad SMARTS) is 1. The predicted octanol–water partition coefficient (Wildman–Crippen LogP) is 4.79. The number of carbonyl (C=O) groups is 1. The molecule has 1 N–H and O–H groups in total. The van der Waals surface area contributed by atoms with Crippen LogP contribution in [0.2, 0.25) is 0 Å². The van der Waals surface area contributed by atoms with Gasteiger partial charge in [0.05, 0.1) is 12.0 Å². The molecule has 0 saturated carbocycles. The number of ether oxygens (including phenoxy) is 1. The third-order valence-corrected chi connectivity index (χ3v) is 4.57. The molecule has 3 heteroatoms. The van der Waals surface area contributed by atoms with Gasteiger partial charge in [0.15, 0.2) is 0 Å². The minimum Gasteiger partial charge on any atom is -0.481 e. The van der Waals surface area contributed by atoms with Crippen LogP contribution in [0.25, 0.3) is 0 Å². The first-order valence-corrected chi connectivity index (χ1v) is 8.52. The number of rotatable bonds is 12. The van der Waals surface area contributed by atoms with Crippen molar-refractivity contribution >= 4 is 5.97 Å². The van der Waals surface area contributed by atoms with Crippen LogP contribution < -0.4 is 0 Å². The molecule has 0 radical (unpaired) electrons. The molecule has 0 bridgehead atoms. The van der Waals surface area contributed by atoms with E-state index >= 15 is 0 Å². The molecule has 0 aromatic rings. The van der Waals surface area contributed by atoms with E-state index in [1.807, 2.05) is 0 Å². The van der Waals surface area contributed by atoms with Crippen molar-refractivity contribution in [1.82, 2.24) is 0 Å². The predicted molar refractivity (Wildman–Crippen MR) is 82.0 cm³/mol. The van der Waals surface area contributed by atoms with Crippen LogP contribution in [0.4, 0.5) is 0 Å². The highest BCUT2D eigenvalue weighted by molar-refractivity contribution is 5.75. The van der Waals surface area contributed by atoms with Gasteiger partial charge in [0.2, 0.25) is 0 Å². The highest BCUT2D eigenvalue weighted by Crippen LogP contribution is 2.34. The quantitative estimate of drug-likeness (QED) is 0.524. The molecule has 1 fully saturated rings. The Morgan fingerprint density at radius 2 is 1.55 bits per heavy atom. The maximum atomic E-state index is 11.3. The molecule has 1 rings (SSSR count). The van der Waals surface area contributed by atoms with Crippen LogP contribution in [0.3, 0.4) is 0 Å². The molecule has 1 saturated heterocycles. The van der Waals surface area contributed by atoms with E-state index < -0.39 is 11.4 Å². The van der Waals surface area contributed by atoms with Crippen LogP contribution in [0, 0.1) is 5.41 Å². The first kappa shape index (κ1) is 17.5. The summed E-state index contributed by atoms with van der Waals surface area (Å²) in [4.78, 5) is 11.3. The molecule has 118 valence electrons. The van der Waals surface area contributed by atoms with E-state index in [0.717, 1.165) is 12.8 Å². The molecule has 0 amide bonds. The van der Waals surface area contributed by atoms with Gasteiger partial charge in [-0.15, -0.1) is 0 Å². The molecule has 20 heavy (non-hydrogen) atoms. The Labute approximate surface area is 124 Å². The molecule has 1 aliphatic rings. The van der Waals surface area contributed by atoms with E-state index in [9.17, 15) is 9.90 Å². The first-order chi connectivity index (χ1) is 9.71. The van der Waals surface area contributed by atoms with Gasteiger partial charge in [-0.25, -0.2) is 0 Å². The maximum Gasteiger partial charge on any atom is 0.312 e. The lowest BCUT2D eigenvalue weighted by atomic mass is 9.82. The summed E-state index contributed by atoms with van der Waals surface area (Å²) in [5.41, 5.74) is -0.569. The molecule has 1 atom stereocenters. The topological polar surface area (TPSA) is 46.5 Å². The van der Waals surface area contributed by atoms with Crippen molar-refractivity contribution in [3.63, 3.8) is 0 Å². The second-order valence-corrected chi connectivity index (χ2v) is 6.32. The van der Waals surface area contributed by atoms with E-state index in [4.69, 9.17) is 4.74 Å². The summed E-state index contributed by atoms with van der Waals surface area (Å²) in [5, 5.41) is 9.33. The van der Waals surface area contributed by atoms with Crippen molar-refractivity contribution < 1.29 is 14.6 Å². The van der Waals surface area contributed by atoms with Crippen molar-refractivity contribution in [2.45, 2.75) is 84.0 Å². The highest BCUT2D eigenvalue weighted by Gasteiger charge is 2.41. The van der Waals surface area contributed by atoms with E-state index in [-0.39, 0.29) is 0 Å². The van der Waals surface area contributed by atoms with Gasteiger partial charge in [0.25, 0.3) is 0 Å². The van der Waals surface area contributed by atoms with Gasteiger partial charge in [-0.3, -0.25) is 4.79 Å². The van der Waals surface area contributed by atoms with Crippen LogP contribution >= 0.6 is 0 Å². The molecule has 0 aliphatic carbocycles. The normalized spacial score (nSPS) is 22.2. The van der Waals surface area contributed by atoms with Crippen LogP contribution in [-0.4, -0.2) is 24.3 Å². The fraction of sp³-hybridized carbons (Fsp3) is 0.941. The lowest BCUT2D eigenvalue weighted by Crippen LogP contribution is -2.31. The second-order valence-electron chi connectivity index (χ2n) is 6.32. The molecular formula is C17H32O3. The van der Waals surface area contributed by atoms with Crippen LogP contribution in [0.15, 0.2) is 0 Å². The van der Waals surface area contributed by atoms with E-state index in [1.165, 1.54) is 57.8 Å². The molecular weight excluding hydrogens is 252 g/mol. The van der Waals surface area contributed by atoms with Crippen molar-refractivity contribution in [2.24, 2.45) is 5.41 Å². The minimum atomic E-state index is -0.661. The Morgan fingerprint density at radius 3 is 2.00 bits per heavy atom. The Bertz CT molecular complexity index is 257. The van der Waals surface area contributed by atoms with Crippen molar-refractivity contribution in [1.29, 1.82) is 0 Å². The molecule has 3 nitrogen and oxygen atoms in total. The number of aliphatic carboxylic acids is 1. The van der Waals surface area contributed by atoms with Crippen molar-refractivity contribution in [3.8, 4) is 0 Å². The van der Waals surface area contributed by atoms with Crippen LogP contribution in [0.5, 0.6) is 0 Å². The fourth-order valence-corrected chi connectivity index (χ4v) is 3.03. The average molecular weight is 284 g/mol. The zero-order valence-electron chi connectivity index (χ0n) is 13.2. The summed E-state index contributed by atoms with van der Waals surface area (Å²) in [6.45, 7) is 3.28. The van der Waals surface area contributed by atoms with Crippen molar-refractivity contribution in [2.75, 3.05) is 13.2 Å². The molecule has 1 aliphatic heterocycles. The maximum absolute atomic E-state index is 11.3. The standard InChI is InChI=1S/C17H32O3/c1-2-3-4-5-6-7-8-9-10-11-12-17(16(18)19)13-14-20-15-17/h2-15H2,1H3,(H,18,19). The largest absolute Gasteiger partial charge is 0.481 e. The van der Waals surface area contributed by atoms with Gasteiger partial charge >= 0.3 is 5.97 Å². The summed E-state index contributed by atoms with van der Waals surface area (Å²) in [5.74, 6) is -0.661. The third-order valence-electron chi connectivity index (χ3n) is 4.57. The molecule has 0 aromatic heterocycles. The van der Waals surface area contributed by atoms with Gasteiger partial charge < -0.3 is 9.84 Å². The number of hydrogen-bond acceptors (Lipinski definition) is 2. The lowest BCUT2D eigenvalue weighted by Gasteiger charge is -2.21. The van der Waals surface area contributed by atoms with E-state index in [1.54, 1.807) is 0 Å². The van der Waals surface area contributed by atoms with Gasteiger partial charge in [0, 0.05) is 6.61 Å². The van der Waals surface area contributed by atoms with Gasteiger partial charge in [-0.05, 0) is 12.8 Å². The number of hydrogen-bond donors (Lipinski definition) is 1. The molecule has 0 spiro atoms. The number of carboxylic acids is 1. The zero-order chi connectivity index (χ0) is 14.7. The SMILES string of the molecule is CCCCCCCCCCCCC1(C(=O)O)CCOC1. The average Bonchev–Trinajstić information content (AvgIpc) is 2.91. The minimum absolute atomic E-state index is 0.416. The summed E-state index contributed by atoms with van der Waals surface area (Å²) >= 11 is 0. The Kier molecular flexibility index (Phi) is 8.92. The monoisotopic (exact) mass is 284 g/mol. The van der Waals surface area contributed by atoms with Crippen LogP contribution in [-0.2, 0) is 9.53 Å².